The lowest BCUT2D eigenvalue weighted by atomic mass is 10.1. The lowest BCUT2D eigenvalue weighted by molar-refractivity contribution is 0.102. The number of aromatic nitrogens is 1. The number of aryl methyl sites for hydroxylation is 1. The molecular formula is C20H25N3O. The van der Waals surface area contributed by atoms with Crippen molar-refractivity contribution in [3.8, 4) is 0 Å². The van der Waals surface area contributed by atoms with Gasteiger partial charge in [0.1, 0.15) is 5.82 Å². The van der Waals surface area contributed by atoms with Crippen LogP contribution in [0.5, 0.6) is 0 Å². The summed E-state index contributed by atoms with van der Waals surface area (Å²) in [5.41, 5.74) is 2.80. The lowest BCUT2D eigenvalue weighted by Gasteiger charge is -2.17. The van der Waals surface area contributed by atoms with Crippen molar-refractivity contribution in [1.82, 2.24) is 4.98 Å². The second kappa shape index (κ2) is 7.95. The number of carbonyl (C=O) groups is 1. The van der Waals surface area contributed by atoms with E-state index in [4.69, 9.17) is 0 Å². The third-order valence-electron chi connectivity index (χ3n) is 4.54. The summed E-state index contributed by atoms with van der Waals surface area (Å²) in [6.45, 7) is 2.00. The molecule has 1 saturated carbocycles. The van der Waals surface area contributed by atoms with Crippen LogP contribution in [0, 0.1) is 6.92 Å². The highest BCUT2D eigenvalue weighted by molar-refractivity contribution is 6.03. The largest absolute Gasteiger partial charge is 0.381 e. The van der Waals surface area contributed by atoms with Gasteiger partial charge in [-0.15, -0.1) is 0 Å². The molecule has 1 aromatic heterocycles. The Balaban J connectivity index is 1.57. The Morgan fingerprint density at radius 3 is 2.33 bits per heavy atom. The van der Waals surface area contributed by atoms with Crippen LogP contribution < -0.4 is 10.6 Å². The van der Waals surface area contributed by atoms with Gasteiger partial charge in [-0.2, -0.15) is 0 Å². The zero-order valence-corrected chi connectivity index (χ0v) is 14.2. The quantitative estimate of drug-likeness (QED) is 0.796. The van der Waals surface area contributed by atoms with E-state index in [9.17, 15) is 4.79 Å². The van der Waals surface area contributed by atoms with Crippen molar-refractivity contribution in [2.45, 2.75) is 51.5 Å². The van der Waals surface area contributed by atoms with Crippen molar-refractivity contribution in [2.75, 3.05) is 10.6 Å². The Bertz CT molecular complexity index is 656. The molecule has 0 aliphatic heterocycles. The van der Waals surface area contributed by atoms with Crippen molar-refractivity contribution < 1.29 is 4.79 Å². The Morgan fingerprint density at radius 1 is 1.00 bits per heavy atom. The molecule has 1 aromatic carbocycles. The molecule has 1 fully saturated rings. The zero-order chi connectivity index (χ0) is 16.8. The van der Waals surface area contributed by atoms with Crippen LogP contribution >= 0.6 is 0 Å². The van der Waals surface area contributed by atoms with Crippen molar-refractivity contribution in [3.05, 3.63) is 53.7 Å². The van der Waals surface area contributed by atoms with Gasteiger partial charge in [-0.1, -0.05) is 43.4 Å². The Labute approximate surface area is 143 Å². The van der Waals surface area contributed by atoms with E-state index < -0.39 is 0 Å². The fourth-order valence-corrected chi connectivity index (χ4v) is 3.11. The molecule has 0 radical (unpaired) electrons. The number of rotatable bonds is 4. The number of amides is 1. The highest BCUT2D eigenvalue weighted by Crippen LogP contribution is 2.21. The van der Waals surface area contributed by atoms with Crippen LogP contribution in [0.2, 0.25) is 0 Å². The molecule has 0 unspecified atom stereocenters. The standard InChI is InChI=1S/C20H25N3O/c1-15-8-10-16(11-9-15)20(24)23-19-13-12-18(14-21-19)22-17-6-4-2-3-5-7-17/h8-14,17,22H,2-7H2,1H3,(H,21,23,24). The van der Waals surface area contributed by atoms with Crippen LogP contribution in [0.1, 0.15) is 54.4 Å². The van der Waals surface area contributed by atoms with E-state index in [0.717, 1.165) is 11.3 Å². The maximum atomic E-state index is 12.2. The topological polar surface area (TPSA) is 54.0 Å². The minimum atomic E-state index is -0.132. The Kier molecular flexibility index (Phi) is 5.47. The molecule has 1 amide bonds. The predicted molar refractivity (Wildman–Crippen MR) is 98.5 cm³/mol. The normalized spacial score (nSPS) is 15.5. The van der Waals surface area contributed by atoms with E-state index in [1.165, 1.54) is 38.5 Å². The van der Waals surface area contributed by atoms with Gasteiger partial charge in [-0.3, -0.25) is 4.79 Å². The first-order valence-corrected chi connectivity index (χ1v) is 8.81. The van der Waals surface area contributed by atoms with Crippen molar-refractivity contribution >= 4 is 17.4 Å². The summed E-state index contributed by atoms with van der Waals surface area (Å²) in [5, 5.41) is 6.40. The minimum Gasteiger partial charge on any atom is -0.381 e. The average molecular weight is 323 g/mol. The van der Waals surface area contributed by atoms with Gasteiger partial charge in [0, 0.05) is 11.6 Å². The first-order valence-electron chi connectivity index (χ1n) is 8.81. The fraction of sp³-hybridized carbons (Fsp3) is 0.400. The number of nitrogens with one attached hydrogen (secondary N) is 2. The smallest absolute Gasteiger partial charge is 0.256 e. The van der Waals surface area contributed by atoms with Gasteiger partial charge in [-0.05, 0) is 44.0 Å². The van der Waals surface area contributed by atoms with Crippen LogP contribution in [0.25, 0.3) is 0 Å². The fourth-order valence-electron chi connectivity index (χ4n) is 3.11. The number of hydrogen-bond acceptors (Lipinski definition) is 3. The maximum Gasteiger partial charge on any atom is 0.256 e. The molecule has 126 valence electrons. The summed E-state index contributed by atoms with van der Waals surface area (Å²) in [5.74, 6) is 0.443. The molecule has 0 spiro atoms. The first kappa shape index (κ1) is 16.5. The number of benzene rings is 1. The molecule has 24 heavy (non-hydrogen) atoms. The number of hydrogen-bond donors (Lipinski definition) is 2. The van der Waals surface area contributed by atoms with Crippen LogP contribution in [0.3, 0.4) is 0 Å². The van der Waals surface area contributed by atoms with Crippen LogP contribution in [0.15, 0.2) is 42.6 Å². The Hall–Kier alpha value is -2.36. The third-order valence-corrected chi connectivity index (χ3v) is 4.54. The van der Waals surface area contributed by atoms with Gasteiger partial charge in [0.2, 0.25) is 0 Å². The molecule has 1 aliphatic rings. The van der Waals surface area contributed by atoms with Crippen molar-refractivity contribution in [2.24, 2.45) is 0 Å². The number of nitrogens with zero attached hydrogens (tertiary/aromatic N) is 1. The summed E-state index contributed by atoms with van der Waals surface area (Å²) in [6, 6.07) is 11.9. The molecule has 0 saturated heterocycles. The zero-order valence-electron chi connectivity index (χ0n) is 14.2. The third kappa shape index (κ3) is 4.57. The van der Waals surface area contributed by atoms with Gasteiger partial charge >= 0.3 is 0 Å². The molecule has 1 aliphatic carbocycles. The lowest BCUT2D eigenvalue weighted by Crippen LogP contribution is -2.18. The molecule has 2 aromatic rings. The predicted octanol–water partition coefficient (Wildman–Crippen LogP) is 4.78. The SMILES string of the molecule is Cc1ccc(C(=O)Nc2ccc(NC3CCCCCC3)cn2)cc1. The van der Waals surface area contributed by atoms with E-state index >= 15 is 0 Å². The minimum absolute atomic E-state index is 0.132. The van der Waals surface area contributed by atoms with Crippen LogP contribution in [0.4, 0.5) is 11.5 Å². The van der Waals surface area contributed by atoms with Gasteiger partial charge < -0.3 is 10.6 Å². The molecular weight excluding hydrogens is 298 g/mol. The van der Waals surface area contributed by atoms with Gasteiger partial charge in [-0.25, -0.2) is 4.98 Å². The highest BCUT2D eigenvalue weighted by Gasteiger charge is 2.12. The molecule has 1 heterocycles. The first-order chi connectivity index (χ1) is 11.7. The molecule has 4 nitrogen and oxygen atoms in total. The van der Waals surface area contributed by atoms with Crippen LogP contribution in [-0.2, 0) is 0 Å². The van der Waals surface area contributed by atoms with Crippen LogP contribution in [-0.4, -0.2) is 16.9 Å². The summed E-state index contributed by atoms with van der Waals surface area (Å²) in [4.78, 5) is 16.6. The number of carbonyl (C=O) groups excluding carboxylic acids is 1. The van der Waals surface area contributed by atoms with Gasteiger partial charge in [0.15, 0.2) is 0 Å². The molecule has 0 bridgehead atoms. The van der Waals surface area contributed by atoms with Gasteiger partial charge in [0.25, 0.3) is 5.91 Å². The summed E-state index contributed by atoms with van der Waals surface area (Å²) in [6.07, 6.45) is 9.56. The van der Waals surface area contributed by atoms with Crippen molar-refractivity contribution in [1.29, 1.82) is 0 Å². The van der Waals surface area contributed by atoms with E-state index in [1.54, 1.807) is 6.20 Å². The van der Waals surface area contributed by atoms with Gasteiger partial charge in [0.05, 0.1) is 11.9 Å². The second-order valence-corrected chi connectivity index (χ2v) is 6.59. The van der Waals surface area contributed by atoms with E-state index in [0.29, 0.717) is 17.4 Å². The summed E-state index contributed by atoms with van der Waals surface area (Å²) in [7, 11) is 0. The Morgan fingerprint density at radius 2 is 1.71 bits per heavy atom. The number of anilines is 2. The molecule has 0 atom stereocenters. The summed E-state index contributed by atoms with van der Waals surface area (Å²) < 4.78 is 0. The number of pyridine rings is 1. The summed E-state index contributed by atoms with van der Waals surface area (Å²) >= 11 is 0. The molecule has 4 heteroatoms. The maximum absolute atomic E-state index is 12.2. The highest BCUT2D eigenvalue weighted by atomic mass is 16.1. The monoisotopic (exact) mass is 323 g/mol. The molecule has 3 rings (SSSR count). The molecule has 2 N–H and O–H groups in total. The van der Waals surface area contributed by atoms with E-state index in [1.807, 2.05) is 43.3 Å². The second-order valence-electron chi connectivity index (χ2n) is 6.59. The average Bonchev–Trinajstić information content (AvgIpc) is 2.86. The van der Waals surface area contributed by atoms with E-state index in [-0.39, 0.29) is 5.91 Å². The van der Waals surface area contributed by atoms with Crippen molar-refractivity contribution in [3.63, 3.8) is 0 Å². The van der Waals surface area contributed by atoms with E-state index in [2.05, 4.69) is 15.6 Å².